The highest BCUT2D eigenvalue weighted by Gasteiger charge is 2.70. The molecule has 1 heterocycles. The third-order valence-electron chi connectivity index (χ3n) is 6.92. The molecule has 1 N–H and O–H groups in total. The highest BCUT2D eigenvalue weighted by Crippen LogP contribution is 2.68. The Kier molecular flexibility index (Phi) is 3.88. The van der Waals surface area contributed by atoms with Gasteiger partial charge in [-0.05, 0) is 36.8 Å². The minimum Gasteiger partial charge on any atom is -0.471 e. The molecule has 138 valence electrons. The summed E-state index contributed by atoms with van der Waals surface area (Å²) >= 11 is 0. The van der Waals surface area contributed by atoms with Crippen LogP contribution in [0.25, 0.3) is 0 Å². The molecule has 2 fully saturated rings. The van der Waals surface area contributed by atoms with Crippen LogP contribution in [0.2, 0.25) is 19.6 Å². The number of rotatable bonds is 3. The summed E-state index contributed by atoms with van der Waals surface area (Å²) in [6.45, 7) is 18.8. The lowest BCUT2D eigenvalue weighted by atomic mass is 9.55. The maximum Gasteiger partial charge on any atom is 0.145 e. The van der Waals surface area contributed by atoms with E-state index in [0.717, 1.165) is 11.1 Å². The van der Waals surface area contributed by atoms with E-state index in [1.807, 2.05) is 32.9 Å². The van der Waals surface area contributed by atoms with Gasteiger partial charge in [0, 0.05) is 11.3 Å². The molecule has 4 heteroatoms. The zero-order valence-electron chi connectivity index (χ0n) is 16.6. The topological polar surface area (TPSA) is 50.4 Å². The quantitative estimate of drug-likeness (QED) is 0.652. The minimum atomic E-state index is -1.57. The molecular weight excluding hydrogens is 328 g/mol. The number of furan rings is 1. The fraction of sp³-hybridized carbons (Fsp3) is 0.667. The predicted octanol–water partition coefficient (Wildman–Crippen LogP) is 4.10. The molecule has 5 unspecified atom stereocenters. The Balaban J connectivity index is 2.18. The van der Waals surface area contributed by atoms with Crippen LogP contribution in [0.4, 0.5) is 0 Å². The molecular formula is C21H32O3Si. The van der Waals surface area contributed by atoms with Crippen molar-refractivity contribution >= 4 is 19.2 Å². The van der Waals surface area contributed by atoms with Gasteiger partial charge in [-0.1, -0.05) is 46.5 Å². The van der Waals surface area contributed by atoms with Gasteiger partial charge in [0.05, 0.1) is 16.9 Å². The van der Waals surface area contributed by atoms with E-state index >= 15 is 0 Å². The second-order valence-corrected chi connectivity index (χ2v) is 15.2. The monoisotopic (exact) mass is 360 g/mol. The van der Waals surface area contributed by atoms with E-state index in [-0.39, 0.29) is 29.0 Å². The molecule has 1 aromatic heterocycles. The van der Waals surface area contributed by atoms with Gasteiger partial charge in [-0.15, -0.1) is 6.58 Å². The van der Waals surface area contributed by atoms with Gasteiger partial charge < -0.3 is 9.52 Å². The van der Waals surface area contributed by atoms with Gasteiger partial charge in [-0.3, -0.25) is 4.79 Å². The Morgan fingerprint density at radius 1 is 1.24 bits per heavy atom. The number of allylic oxidation sites excluding steroid dienone is 1. The molecule has 2 aliphatic rings. The number of carbonyl (C=O) groups is 1. The van der Waals surface area contributed by atoms with Gasteiger partial charge in [0.1, 0.15) is 19.6 Å². The highest BCUT2D eigenvalue weighted by molar-refractivity contribution is 6.87. The second-order valence-electron chi connectivity index (χ2n) is 10.2. The summed E-state index contributed by atoms with van der Waals surface area (Å²) in [5, 5.41) is 12.5. The summed E-state index contributed by atoms with van der Waals surface area (Å²) < 4.78 is 6.29. The van der Waals surface area contributed by atoms with E-state index in [9.17, 15) is 9.90 Å². The lowest BCUT2D eigenvalue weighted by Crippen LogP contribution is -2.48. The highest BCUT2D eigenvalue weighted by atomic mass is 28.3. The van der Waals surface area contributed by atoms with E-state index in [1.165, 1.54) is 0 Å². The zero-order valence-corrected chi connectivity index (χ0v) is 17.6. The van der Waals surface area contributed by atoms with Crippen molar-refractivity contribution in [3.05, 3.63) is 30.5 Å². The largest absolute Gasteiger partial charge is 0.471 e. The fourth-order valence-electron chi connectivity index (χ4n) is 5.81. The first-order valence-corrected chi connectivity index (χ1v) is 12.8. The van der Waals surface area contributed by atoms with Gasteiger partial charge in [-0.2, -0.15) is 0 Å². The first-order valence-electron chi connectivity index (χ1n) is 9.27. The van der Waals surface area contributed by atoms with Gasteiger partial charge in [0.15, 0.2) is 0 Å². The average Bonchev–Trinajstić information content (AvgIpc) is 2.98. The SMILES string of the molecule is C=CC1C(C)(C)C(=O)C2CC1(C)C(c1ccc([Si](C)(C)C)o1)C2(C)O. The van der Waals surface area contributed by atoms with Crippen LogP contribution < -0.4 is 5.38 Å². The van der Waals surface area contributed by atoms with E-state index in [0.29, 0.717) is 6.42 Å². The van der Waals surface area contributed by atoms with Gasteiger partial charge in [0.25, 0.3) is 0 Å². The van der Waals surface area contributed by atoms with Crippen molar-refractivity contribution in [2.45, 2.75) is 65.3 Å². The van der Waals surface area contributed by atoms with Crippen molar-refractivity contribution in [1.82, 2.24) is 0 Å². The smallest absolute Gasteiger partial charge is 0.145 e. The van der Waals surface area contributed by atoms with Crippen LogP contribution in [0.15, 0.2) is 29.2 Å². The molecule has 0 radical (unpaired) electrons. The zero-order chi connectivity index (χ0) is 19.0. The summed E-state index contributed by atoms with van der Waals surface area (Å²) in [4.78, 5) is 13.1. The molecule has 0 spiro atoms. The molecule has 0 saturated heterocycles. The number of fused-ring (bicyclic) bond motifs is 2. The maximum atomic E-state index is 13.1. The van der Waals surface area contributed by atoms with Crippen LogP contribution in [0, 0.1) is 22.7 Å². The van der Waals surface area contributed by atoms with Crippen molar-refractivity contribution in [1.29, 1.82) is 0 Å². The summed E-state index contributed by atoms with van der Waals surface area (Å²) in [7, 11) is -1.57. The minimum absolute atomic E-state index is 0.00292. The Hall–Kier alpha value is -1.13. The standard InChI is InChI=1S/C21H32O3Si/c1-9-15-19(2,3)18(22)13-12-20(15,4)17(21(13,5)23)14-10-11-16(24-14)25(6,7)8/h9-11,13,15,17,23H,1,12H2,2-8H3. The van der Waals surface area contributed by atoms with E-state index < -0.39 is 19.1 Å². The van der Waals surface area contributed by atoms with E-state index in [1.54, 1.807) is 0 Å². The molecule has 3 rings (SSSR count). The predicted molar refractivity (Wildman–Crippen MR) is 104 cm³/mol. The summed E-state index contributed by atoms with van der Waals surface area (Å²) in [6, 6.07) is 4.09. The number of carbonyl (C=O) groups excluding carboxylic acids is 1. The van der Waals surface area contributed by atoms with Crippen LogP contribution in [0.3, 0.4) is 0 Å². The van der Waals surface area contributed by atoms with Gasteiger partial charge in [0.2, 0.25) is 0 Å². The van der Waals surface area contributed by atoms with E-state index in [2.05, 4.69) is 39.2 Å². The van der Waals surface area contributed by atoms with Crippen LogP contribution in [-0.4, -0.2) is 24.6 Å². The molecule has 5 atom stereocenters. The van der Waals surface area contributed by atoms with Crippen molar-refractivity contribution in [2.75, 3.05) is 0 Å². The molecule has 0 amide bonds. The van der Waals surface area contributed by atoms with Crippen molar-refractivity contribution in [3.63, 3.8) is 0 Å². The summed E-state index contributed by atoms with van der Waals surface area (Å²) in [5.74, 6) is 0.422. The number of hydrogen-bond acceptors (Lipinski definition) is 3. The molecule has 25 heavy (non-hydrogen) atoms. The second kappa shape index (κ2) is 5.20. The van der Waals surface area contributed by atoms with Gasteiger partial charge in [-0.25, -0.2) is 0 Å². The maximum absolute atomic E-state index is 13.1. The first-order chi connectivity index (χ1) is 11.3. The number of hydrogen-bond donors (Lipinski definition) is 1. The fourth-order valence-corrected chi connectivity index (χ4v) is 6.82. The van der Waals surface area contributed by atoms with Crippen molar-refractivity contribution in [3.8, 4) is 0 Å². The van der Waals surface area contributed by atoms with Crippen LogP contribution in [-0.2, 0) is 4.79 Å². The van der Waals surface area contributed by atoms with Crippen molar-refractivity contribution in [2.24, 2.45) is 22.7 Å². The Labute approximate surface area is 152 Å². The Morgan fingerprint density at radius 3 is 2.32 bits per heavy atom. The molecule has 3 nitrogen and oxygen atoms in total. The summed E-state index contributed by atoms with van der Waals surface area (Å²) in [5.41, 5.74) is -1.87. The normalized spacial score (nSPS) is 40.3. The third kappa shape index (κ3) is 2.37. The number of aliphatic hydroxyl groups is 1. The van der Waals surface area contributed by atoms with E-state index in [4.69, 9.17) is 4.42 Å². The number of ketones is 1. The number of Topliss-reactive ketones (excluding diaryl/α,β-unsaturated/α-hetero) is 1. The lowest BCUT2D eigenvalue weighted by molar-refractivity contribution is -0.143. The molecule has 2 aliphatic carbocycles. The molecule has 0 aromatic carbocycles. The average molecular weight is 361 g/mol. The van der Waals surface area contributed by atoms with Crippen LogP contribution >= 0.6 is 0 Å². The van der Waals surface area contributed by atoms with Crippen molar-refractivity contribution < 1.29 is 14.3 Å². The summed E-state index contributed by atoms with van der Waals surface area (Å²) in [6.07, 6.45) is 2.61. The van der Waals surface area contributed by atoms with Crippen LogP contribution in [0.1, 0.15) is 45.8 Å². The molecule has 2 bridgehead atoms. The Bertz CT molecular complexity index is 722. The van der Waals surface area contributed by atoms with Gasteiger partial charge >= 0.3 is 0 Å². The lowest BCUT2D eigenvalue weighted by Gasteiger charge is -2.47. The Morgan fingerprint density at radius 2 is 1.84 bits per heavy atom. The first kappa shape index (κ1) is 18.7. The third-order valence-corrected chi connectivity index (χ3v) is 8.67. The van der Waals surface area contributed by atoms with Crippen LogP contribution in [0.5, 0.6) is 0 Å². The molecule has 1 aromatic rings. The molecule has 0 aliphatic heterocycles. The molecule has 2 saturated carbocycles.